The molecule has 0 unspecified atom stereocenters. The lowest BCUT2D eigenvalue weighted by molar-refractivity contribution is 0.237. The third kappa shape index (κ3) is 5.22. The summed E-state index contributed by atoms with van der Waals surface area (Å²) in [5.41, 5.74) is 0.575. The monoisotopic (exact) mass is 594 g/mol. The van der Waals surface area contributed by atoms with Gasteiger partial charge in [0.05, 0.1) is 19.3 Å². The number of hydrogen-bond donors (Lipinski definition) is 0. The average molecular weight is 595 g/mol. The number of fused-ring (bicyclic) bond motifs is 1. The van der Waals surface area contributed by atoms with Crippen molar-refractivity contribution in [1.29, 1.82) is 0 Å². The number of methoxy groups -OCH3 is 1. The van der Waals surface area contributed by atoms with Crippen molar-refractivity contribution in [1.82, 2.24) is 9.88 Å². The molecule has 0 spiro atoms. The number of anilines is 2. The van der Waals surface area contributed by atoms with Crippen molar-refractivity contribution < 1.29 is 26.3 Å². The molecule has 12 heteroatoms. The van der Waals surface area contributed by atoms with Crippen molar-refractivity contribution in [3.8, 4) is 5.75 Å². The van der Waals surface area contributed by atoms with E-state index < -0.39 is 37.5 Å². The maximum atomic E-state index is 15.8. The van der Waals surface area contributed by atoms with Crippen molar-refractivity contribution in [2.45, 2.75) is 30.3 Å². The van der Waals surface area contributed by atoms with E-state index in [4.69, 9.17) is 16.3 Å². The zero-order valence-corrected chi connectivity index (χ0v) is 23.9. The van der Waals surface area contributed by atoms with Crippen LogP contribution in [0.2, 0.25) is 5.02 Å². The van der Waals surface area contributed by atoms with E-state index in [1.54, 1.807) is 24.3 Å². The van der Waals surface area contributed by atoms with Gasteiger partial charge in [-0.3, -0.25) is 0 Å². The van der Waals surface area contributed by atoms with E-state index in [1.165, 1.54) is 19.2 Å². The first-order chi connectivity index (χ1) is 19.0. The van der Waals surface area contributed by atoms with Gasteiger partial charge in [0.25, 0.3) is 10.0 Å². The van der Waals surface area contributed by atoms with Crippen LogP contribution < -0.4 is 13.9 Å². The number of rotatable bonds is 8. The van der Waals surface area contributed by atoms with Crippen molar-refractivity contribution >= 4 is 33.1 Å². The smallest absolute Gasteiger partial charge is 0.271 e. The molecule has 0 amide bonds. The second-order valence-electron chi connectivity index (χ2n) is 10.5. The van der Waals surface area contributed by atoms with E-state index in [9.17, 15) is 12.8 Å². The third-order valence-electron chi connectivity index (χ3n) is 7.91. The summed E-state index contributed by atoms with van der Waals surface area (Å²) in [5, 5.41) is -0.474. The molecule has 0 N–H and O–H groups in total. The summed E-state index contributed by atoms with van der Waals surface area (Å²) in [7, 11) is 0.593. The van der Waals surface area contributed by atoms with Gasteiger partial charge in [0.15, 0.2) is 10.7 Å². The van der Waals surface area contributed by atoms with Crippen LogP contribution in [-0.4, -0.2) is 58.6 Å². The third-order valence-corrected chi connectivity index (χ3v) is 10.1. The summed E-state index contributed by atoms with van der Waals surface area (Å²) in [4.78, 5) is 6.46. The van der Waals surface area contributed by atoms with Crippen LogP contribution in [0.15, 0.2) is 53.4 Å². The predicted molar refractivity (Wildman–Crippen MR) is 148 cm³/mol. The highest BCUT2D eigenvalue weighted by molar-refractivity contribution is 7.92. The molecule has 1 aliphatic carbocycles. The number of benzene rings is 2. The lowest BCUT2D eigenvalue weighted by atomic mass is 9.97. The zero-order valence-electron chi connectivity index (χ0n) is 22.3. The molecule has 7 nitrogen and oxygen atoms in total. The second-order valence-corrected chi connectivity index (χ2v) is 12.6. The maximum absolute atomic E-state index is 15.8. The van der Waals surface area contributed by atoms with Crippen LogP contribution in [0.4, 0.5) is 24.7 Å². The molecule has 1 aromatic heterocycles. The fourth-order valence-corrected chi connectivity index (χ4v) is 7.79. The van der Waals surface area contributed by atoms with Crippen LogP contribution in [0.3, 0.4) is 0 Å². The molecule has 2 heterocycles. The Morgan fingerprint density at radius 2 is 1.80 bits per heavy atom. The first-order valence-corrected chi connectivity index (χ1v) is 14.7. The first-order valence-electron chi connectivity index (χ1n) is 12.9. The molecule has 1 aliphatic heterocycles. The van der Waals surface area contributed by atoms with Gasteiger partial charge in [-0.05, 0) is 68.6 Å². The Hall–Kier alpha value is -3.02. The lowest BCUT2D eigenvalue weighted by Crippen LogP contribution is -2.35. The number of halogens is 4. The van der Waals surface area contributed by atoms with Crippen molar-refractivity contribution in [3.05, 3.63) is 76.7 Å². The van der Waals surface area contributed by atoms with Crippen LogP contribution in [0.5, 0.6) is 5.75 Å². The fourth-order valence-electron chi connectivity index (χ4n) is 5.94. The van der Waals surface area contributed by atoms with Crippen molar-refractivity contribution in [3.63, 3.8) is 0 Å². The topological polar surface area (TPSA) is 66.0 Å². The Labute approximate surface area is 237 Å². The van der Waals surface area contributed by atoms with E-state index in [0.29, 0.717) is 46.6 Å². The van der Waals surface area contributed by atoms with Crippen LogP contribution >= 0.6 is 11.6 Å². The predicted octanol–water partition coefficient (Wildman–Crippen LogP) is 5.33. The molecule has 1 saturated heterocycles. The molecular formula is C28H30ClF3N4O3S. The average Bonchev–Trinajstić information content (AvgIpc) is 3.50. The minimum absolute atomic E-state index is 0.119. The van der Waals surface area contributed by atoms with Gasteiger partial charge in [0, 0.05) is 25.2 Å². The first kappa shape index (κ1) is 28.5. The fraction of sp³-hybridized carbons (Fsp3) is 0.393. The summed E-state index contributed by atoms with van der Waals surface area (Å²) in [6.07, 6.45) is 2.06. The maximum Gasteiger partial charge on any atom is 0.271 e. The van der Waals surface area contributed by atoms with Crippen LogP contribution in [0.25, 0.3) is 0 Å². The largest absolute Gasteiger partial charge is 0.497 e. The zero-order chi connectivity index (χ0) is 28.8. The molecule has 5 rings (SSSR count). The minimum atomic E-state index is -4.93. The Balaban J connectivity index is 1.53. The standard InChI is InChI=1S/C28H30ClF3N4O3S/c1-34(2)22-12-9-18-15-35(16-20(18)22)23-13-21(30)28(27(32)26(23)29)40(37,38)36(25-6-4-5-24(31)33-25)14-17-7-10-19(39-3)11-8-17/h4-8,10-11,13,18,20,22H,9,12,14-16H2,1-3H3/t18-,20+,22-/m0/s1. The van der Waals surface area contributed by atoms with Gasteiger partial charge in [-0.2, -0.15) is 4.39 Å². The quantitative estimate of drug-likeness (QED) is 0.259. The Kier molecular flexibility index (Phi) is 7.91. The van der Waals surface area contributed by atoms with E-state index in [1.807, 2.05) is 19.0 Å². The van der Waals surface area contributed by atoms with E-state index in [-0.39, 0.29) is 18.1 Å². The van der Waals surface area contributed by atoms with Crippen molar-refractivity contribution in [2.75, 3.05) is 43.5 Å². The SMILES string of the molecule is COc1ccc(CN(c2cccc(F)n2)S(=O)(=O)c2c(F)cc(N3C[C@@H]4CC[C@H](N(C)C)[C@@H]4C3)c(Cl)c2F)cc1. The highest BCUT2D eigenvalue weighted by Gasteiger charge is 2.44. The van der Waals surface area contributed by atoms with E-state index in [2.05, 4.69) is 9.88 Å². The van der Waals surface area contributed by atoms with Gasteiger partial charge in [0.2, 0.25) is 5.95 Å². The van der Waals surface area contributed by atoms with E-state index >= 15 is 8.78 Å². The summed E-state index contributed by atoms with van der Waals surface area (Å²) < 4.78 is 79.1. The highest BCUT2D eigenvalue weighted by atomic mass is 35.5. The molecule has 2 fully saturated rings. The lowest BCUT2D eigenvalue weighted by Gasteiger charge is -2.28. The number of sulfonamides is 1. The van der Waals surface area contributed by atoms with Gasteiger partial charge >= 0.3 is 0 Å². The van der Waals surface area contributed by atoms with Crippen LogP contribution in [0.1, 0.15) is 18.4 Å². The molecule has 1 saturated carbocycles. The van der Waals surface area contributed by atoms with Crippen molar-refractivity contribution in [2.24, 2.45) is 11.8 Å². The molecule has 40 heavy (non-hydrogen) atoms. The van der Waals surface area contributed by atoms with Gasteiger partial charge in [0.1, 0.15) is 22.4 Å². The molecule has 214 valence electrons. The van der Waals surface area contributed by atoms with Gasteiger partial charge in [-0.1, -0.05) is 29.8 Å². The normalized spacial score (nSPS) is 20.7. The molecule has 0 bridgehead atoms. The van der Waals surface area contributed by atoms with Crippen LogP contribution in [0, 0.1) is 29.4 Å². The number of pyridine rings is 1. The van der Waals surface area contributed by atoms with Gasteiger partial charge in [-0.25, -0.2) is 26.5 Å². The second kappa shape index (κ2) is 11.1. The Bertz CT molecular complexity index is 1510. The van der Waals surface area contributed by atoms with Gasteiger partial charge < -0.3 is 14.5 Å². The summed E-state index contributed by atoms with van der Waals surface area (Å²) in [6.45, 7) is 0.772. The Morgan fingerprint density at radius 1 is 1.07 bits per heavy atom. The summed E-state index contributed by atoms with van der Waals surface area (Å²) in [6, 6.07) is 11.3. The minimum Gasteiger partial charge on any atom is -0.497 e. The molecule has 3 atom stereocenters. The summed E-state index contributed by atoms with van der Waals surface area (Å²) >= 11 is 6.42. The summed E-state index contributed by atoms with van der Waals surface area (Å²) in [5.74, 6) is -2.75. The molecule has 3 aromatic rings. The number of aromatic nitrogens is 1. The van der Waals surface area contributed by atoms with Crippen LogP contribution in [-0.2, 0) is 16.6 Å². The molecular weight excluding hydrogens is 565 g/mol. The molecule has 0 radical (unpaired) electrons. The highest BCUT2D eigenvalue weighted by Crippen LogP contribution is 2.45. The molecule has 2 aliphatic rings. The molecule has 2 aromatic carbocycles. The number of hydrogen-bond acceptors (Lipinski definition) is 6. The number of ether oxygens (including phenoxy) is 1. The number of nitrogens with zero attached hydrogens (tertiary/aromatic N) is 4. The van der Waals surface area contributed by atoms with E-state index in [0.717, 1.165) is 25.0 Å². The Morgan fingerprint density at radius 3 is 2.45 bits per heavy atom. The van der Waals surface area contributed by atoms with Gasteiger partial charge in [-0.15, -0.1) is 0 Å².